The predicted octanol–water partition coefficient (Wildman–Crippen LogP) is 2.35. The van der Waals surface area contributed by atoms with E-state index in [1.807, 2.05) is 13.8 Å². The van der Waals surface area contributed by atoms with Crippen molar-refractivity contribution < 1.29 is 9.53 Å². The van der Waals surface area contributed by atoms with Gasteiger partial charge in [-0.3, -0.25) is 4.79 Å². The molecular weight excluding hydrogens is 190 g/mol. The largest absolute Gasteiger partial charge is 0.369 e. The Morgan fingerprint density at radius 1 is 1.20 bits per heavy atom. The molecule has 90 valence electrons. The minimum absolute atomic E-state index is 0.00625. The predicted molar refractivity (Wildman–Crippen MR) is 62.8 cm³/mol. The lowest BCUT2D eigenvalue weighted by molar-refractivity contribution is -0.127. The monoisotopic (exact) mass is 215 g/mol. The number of carbonyl (C=O) groups excluding carboxylic acids is 1. The van der Waals surface area contributed by atoms with Crippen LogP contribution in [0.4, 0.5) is 0 Å². The van der Waals surface area contributed by atoms with E-state index in [0.29, 0.717) is 0 Å². The molecule has 0 aliphatic rings. The summed E-state index contributed by atoms with van der Waals surface area (Å²) in [5.41, 5.74) is 0. The van der Waals surface area contributed by atoms with Gasteiger partial charge in [0.15, 0.2) is 0 Å². The van der Waals surface area contributed by atoms with Crippen molar-refractivity contribution in [2.24, 2.45) is 5.92 Å². The molecule has 0 saturated carbocycles. The molecule has 15 heavy (non-hydrogen) atoms. The molecule has 3 heteroatoms. The molecule has 0 aromatic heterocycles. The van der Waals surface area contributed by atoms with E-state index in [1.165, 1.54) is 12.8 Å². The van der Waals surface area contributed by atoms with Gasteiger partial charge in [-0.2, -0.15) is 0 Å². The molecular formula is C12H25NO2. The fraction of sp³-hybridized carbons (Fsp3) is 0.917. The lowest BCUT2D eigenvalue weighted by atomic mass is 10.1. The third-order valence-corrected chi connectivity index (χ3v) is 2.08. The first-order valence-corrected chi connectivity index (χ1v) is 5.90. The summed E-state index contributed by atoms with van der Waals surface area (Å²) < 4.78 is 5.19. The number of ether oxygens (including phenoxy) is 1. The van der Waals surface area contributed by atoms with Crippen LogP contribution in [0.3, 0.4) is 0 Å². The number of rotatable bonds is 8. The molecule has 0 unspecified atom stereocenters. The molecule has 1 amide bonds. The molecule has 1 N–H and O–H groups in total. The summed E-state index contributed by atoms with van der Waals surface area (Å²) in [6.45, 7) is 9.24. The maximum Gasteiger partial charge on any atom is 0.246 e. The van der Waals surface area contributed by atoms with Crippen molar-refractivity contribution in [2.45, 2.75) is 53.1 Å². The highest BCUT2D eigenvalue weighted by molar-refractivity contribution is 5.77. The Kier molecular flexibility index (Phi) is 8.38. The van der Waals surface area contributed by atoms with Gasteiger partial charge in [-0.15, -0.1) is 0 Å². The topological polar surface area (TPSA) is 38.3 Å². The van der Waals surface area contributed by atoms with Crippen LogP contribution in [0.25, 0.3) is 0 Å². The van der Waals surface area contributed by atoms with Gasteiger partial charge in [0.1, 0.15) is 6.61 Å². The van der Waals surface area contributed by atoms with E-state index < -0.39 is 0 Å². The van der Waals surface area contributed by atoms with E-state index >= 15 is 0 Å². The van der Waals surface area contributed by atoms with E-state index in [2.05, 4.69) is 19.2 Å². The Morgan fingerprint density at radius 2 is 1.87 bits per heavy atom. The van der Waals surface area contributed by atoms with E-state index in [1.54, 1.807) is 0 Å². The number of amides is 1. The minimum Gasteiger partial charge on any atom is -0.369 e. The zero-order chi connectivity index (χ0) is 11.7. The van der Waals surface area contributed by atoms with Crippen LogP contribution in [0.2, 0.25) is 0 Å². The van der Waals surface area contributed by atoms with Crippen LogP contribution in [0.5, 0.6) is 0 Å². The quantitative estimate of drug-likeness (QED) is 0.631. The molecule has 0 atom stereocenters. The first-order chi connectivity index (χ1) is 7.02. The van der Waals surface area contributed by atoms with Gasteiger partial charge in [0.05, 0.1) is 6.10 Å². The molecule has 3 nitrogen and oxygen atoms in total. The second-order valence-corrected chi connectivity index (χ2v) is 4.60. The molecule has 0 bridgehead atoms. The maximum atomic E-state index is 11.2. The van der Waals surface area contributed by atoms with Gasteiger partial charge in [0, 0.05) is 6.54 Å². The number of carbonyl (C=O) groups is 1. The van der Waals surface area contributed by atoms with E-state index in [4.69, 9.17) is 4.74 Å². The Labute approximate surface area is 93.6 Å². The van der Waals surface area contributed by atoms with Gasteiger partial charge >= 0.3 is 0 Å². The summed E-state index contributed by atoms with van der Waals surface area (Å²) in [5, 5.41) is 2.85. The van der Waals surface area contributed by atoms with Gasteiger partial charge < -0.3 is 10.1 Å². The number of hydrogen-bond acceptors (Lipinski definition) is 2. The van der Waals surface area contributed by atoms with Crippen LogP contribution in [0, 0.1) is 5.92 Å². The summed E-state index contributed by atoms with van der Waals surface area (Å²) in [4.78, 5) is 11.2. The summed E-state index contributed by atoms with van der Waals surface area (Å²) in [6.07, 6.45) is 3.60. The van der Waals surface area contributed by atoms with Crippen molar-refractivity contribution in [3.8, 4) is 0 Å². The molecule has 0 radical (unpaired) electrons. The van der Waals surface area contributed by atoms with Crippen molar-refractivity contribution >= 4 is 5.91 Å². The summed E-state index contributed by atoms with van der Waals surface area (Å²) in [6, 6.07) is 0. The molecule has 0 fully saturated rings. The molecule has 0 spiro atoms. The highest BCUT2D eigenvalue weighted by atomic mass is 16.5. The number of hydrogen-bond donors (Lipinski definition) is 1. The summed E-state index contributed by atoms with van der Waals surface area (Å²) in [7, 11) is 0. The van der Waals surface area contributed by atoms with E-state index in [9.17, 15) is 4.79 Å². The van der Waals surface area contributed by atoms with Crippen molar-refractivity contribution in [2.75, 3.05) is 13.2 Å². The van der Waals surface area contributed by atoms with Gasteiger partial charge in [0.25, 0.3) is 0 Å². The molecule has 0 heterocycles. The zero-order valence-corrected chi connectivity index (χ0v) is 10.5. The molecule has 0 aromatic carbocycles. The van der Waals surface area contributed by atoms with Gasteiger partial charge in [0.2, 0.25) is 5.91 Å². The first kappa shape index (κ1) is 14.4. The Bertz CT molecular complexity index is 167. The van der Waals surface area contributed by atoms with Crippen LogP contribution in [-0.2, 0) is 9.53 Å². The van der Waals surface area contributed by atoms with Crippen molar-refractivity contribution in [3.05, 3.63) is 0 Å². The number of nitrogens with one attached hydrogen (secondary N) is 1. The van der Waals surface area contributed by atoms with Crippen LogP contribution < -0.4 is 5.32 Å². The van der Waals surface area contributed by atoms with Crippen LogP contribution in [-0.4, -0.2) is 25.2 Å². The molecule has 0 aromatic rings. The van der Waals surface area contributed by atoms with Crippen LogP contribution in [0.15, 0.2) is 0 Å². The lowest BCUT2D eigenvalue weighted by Gasteiger charge is -2.08. The van der Waals surface area contributed by atoms with Crippen molar-refractivity contribution in [3.63, 3.8) is 0 Å². The van der Waals surface area contributed by atoms with Gasteiger partial charge in [-0.1, -0.05) is 26.7 Å². The molecule has 0 aliphatic heterocycles. The fourth-order valence-corrected chi connectivity index (χ4v) is 1.20. The zero-order valence-electron chi connectivity index (χ0n) is 10.5. The second kappa shape index (κ2) is 8.72. The second-order valence-electron chi connectivity index (χ2n) is 4.60. The molecule has 0 aliphatic carbocycles. The van der Waals surface area contributed by atoms with Gasteiger partial charge in [-0.25, -0.2) is 0 Å². The van der Waals surface area contributed by atoms with Crippen LogP contribution >= 0.6 is 0 Å². The standard InChI is InChI=1S/C12H25NO2/c1-10(2)7-5-6-8-13-12(14)9-15-11(3)4/h10-11H,5-9H2,1-4H3,(H,13,14). The maximum absolute atomic E-state index is 11.2. The normalized spacial score (nSPS) is 11.1. The molecule has 0 saturated heterocycles. The highest BCUT2D eigenvalue weighted by Gasteiger charge is 2.02. The van der Waals surface area contributed by atoms with Crippen LogP contribution in [0.1, 0.15) is 47.0 Å². The average molecular weight is 215 g/mol. The van der Waals surface area contributed by atoms with E-state index in [0.717, 1.165) is 18.9 Å². The summed E-state index contributed by atoms with van der Waals surface area (Å²) in [5.74, 6) is 0.748. The smallest absolute Gasteiger partial charge is 0.246 e. The minimum atomic E-state index is -0.00625. The van der Waals surface area contributed by atoms with Crippen molar-refractivity contribution in [1.82, 2.24) is 5.32 Å². The van der Waals surface area contributed by atoms with Gasteiger partial charge in [-0.05, 0) is 26.2 Å². The van der Waals surface area contributed by atoms with E-state index in [-0.39, 0.29) is 18.6 Å². The SMILES string of the molecule is CC(C)CCCCNC(=O)COC(C)C. The Morgan fingerprint density at radius 3 is 2.40 bits per heavy atom. The fourth-order valence-electron chi connectivity index (χ4n) is 1.20. The summed E-state index contributed by atoms with van der Waals surface area (Å²) >= 11 is 0. The average Bonchev–Trinajstić information content (AvgIpc) is 2.13. The number of unbranched alkanes of at least 4 members (excludes halogenated alkanes) is 1. The Hall–Kier alpha value is -0.570. The highest BCUT2D eigenvalue weighted by Crippen LogP contribution is 2.04. The molecule has 0 rings (SSSR count). The third kappa shape index (κ3) is 11.4. The lowest BCUT2D eigenvalue weighted by Crippen LogP contribution is -2.29. The van der Waals surface area contributed by atoms with Crippen molar-refractivity contribution in [1.29, 1.82) is 0 Å². The Balaban J connectivity index is 3.24. The first-order valence-electron chi connectivity index (χ1n) is 5.90. The third-order valence-electron chi connectivity index (χ3n) is 2.08.